The molecule has 0 amide bonds. The number of rotatable bonds is 4. The molecular weight excluding hydrogens is 419 g/mol. The predicted octanol–water partition coefficient (Wildman–Crippen LogP) is 3.73. The Bertz CT molecular complexity index is 505. The van der Waals surface area contributed by atoms with E-state index in [1.807, 2.05) is 18.4 Å². The van der Waals surface area contributed by atoms with Gasteiger partial charge in [-0.05, 0) is 31.6 Å². The van der Waals surface area contributed by atoms with E-state index in [1.54, 1.807) is 0 Å². The lowest BCUT2D eigenvalue weighted by Gasteiger charge is -2.37. The number of halogens is 1. The molecule has 132 valence electrons. The highest BCUT2D eigenvalue weighted by Crippen LogP contribution is 2.21. The molecule has 1 N–H and O–H groups in total. The number of nitrogens with zero attached hydrogens (tertiary/aromatic N) is 3. The Kier molecular flexibility index (Phi) is 8.82. The Labute approximate surface area is 162 Å². The van der Waals surface area contributed by atoms with Crippen LogP contribution in [0, 0.1) is 18.8 Å². The van der Waals surface area contributed by atoms with Gasteiger partial charge >= 0.3 is 0 Å². The number of aliphatic imine (C=N–C) groups is 1. The smallest absolute Gasteiger partial charge is 0.193 e. The summed E-state index contributed by atoms with van der Waals surface area (Å²) in [5.74, 6) is 2.54. The Morgan fingerprint density at radius 3 is 2.52 bits per heavy atom. The normalized spacial score (nSPS) is 22.0. The van der Waals surface area contributed by atoms with Crippen molar-refractivity contribution in [1.82, 2.24) is 15.2 Å². The molecule has 6 heteroatoms. The molecule has 2 unspecified atom stereocenters. The summed E-state index contributed by atoms with van der Waals surface area (Å²) in [4.78, 5) is 12.9. The number of hydrogen-bond acceptors (Lipinski definition) is 3. The van der Waals surface area contributed by atoms with Crippen LogP contribution in [-0.2, 0) is 12.8 Å². The third-order valence-corrected chi connectivity index (χ3v) is 5.35. The van der Waals surface area contributed by atoms with Crippen LogP contribution in [0.25, 0.3) is 0 Å². The topological polar surface area (TPSA) is 40.5 Å². The van der Waals surface area contributed by atoms with E-state index in [-0.39, 0.29) is 24.0 Å². The molecule has 1 saturated heterocycles. The zero-order valence-electron chi connectivity index (χ0n) is 15.1. The second kappa shape index (κ2) is 9.81. The third kappa shape index (κ3) is 5.89. The monoisotopic (exact) mass is 450 g/mol. The second-order valence-electron chi connectivity index (χ2n) is 6.54. The fourth-order valence-electron chi connectivity index (χ4n) is 3.37. The van der Waals surface area contributed by atoms with E-state index in [1.165, 1.54) is 22.0 Å². The van der Waals surface area contributed by atoms with Crippen molar-refractivity contribution < 1.29 is 0 Å². The average Bonchev–Trinajstić information content (AvgIpc) is 2.82. The lowest BCUT2D eigenvalue weighted by molar-refractivity contribution is 0.208. The first-order valence-corrected chi connectivity index (χ1v) is 9.25. The largest absolute Gasteiger partial charge is 0.356 e. The first kappa shape index (κ1) is 20.7. The molecule has 2 heterocycles. The van der Waals surface area contributed by atoms with Gasteiger partial charge in [-0.25, -0.2) is 4.98 Å². The number of likely N-dealkylation sites (tertiary alicyclic amines) is 1. The summed E-state index contributed by atoms with van der Waals surface area (Å²) in [6.45, 7) is 12.1. The number of piperidine rings is 1. The molecule has 1 aromatic rings. The zero-order valence-corrected chi connectivity index (χ0v) is 18.2. The maximum atomic E-state index is 4.71. The van der Waals surface area contributed by atoms with Crippen molar-refractivity contribution in [3.63, 3.8) is 0 Å². The molecule has 0 aliphatic carbocycles. The van der Waals surface area contributed by atoms with Crippen LogP contribution in [0.1, 0.15) is 42.8 Å². The van der Waals surface area contributed by atoms with Crippen LogP contribution in [0.2, 0.25) is 0 Å². The van der Waals surface area contributed by atoms with E-state index in [9.17, 15) is 0 Å². The van der Waals surface area contributed by atoms with Crippen LogP contribution < -0.4 is 5.32 Å². The van der Waals surface area contributed by atoms with Gasteiger partial charge in [0.2, 0.25) is 0 Å². The van der Waals surface area contributed by atoms with Crippen molar-refractivity contribution in [2.24, 2.45) is 16.8 Å². The van der Waals surface area contributed by atoms with Crippen LogP contribution in [0.5, 0.6) is 0 Å². The highest BCUT2D eigenvalue weighted by molar-refractivity contribution is 14.0. The van der Waals surface area contributed by atoms with Gasteiger partial charge in [0.05, 0.1) is 10.7 Å². The molecule has 2 rings (SSSR count). The number of thiazole rings is 1. The number of hydrogen-bond donors (Lipinski definition) is 1. The summed E-state index contributed by atoms with van der Waals surface area (Å²) < 4.78 is 0. The van der Waals surface area contributed by atoms with Crippen LogP contribution in [0.3, 0.4) is 0 Å². The van der Waals surface area contributed by atoms with Crippen LogP contribution in [-0.4, -0.2) is 42.5 Å². The van der Waals surface area contributed by atoms with E-state index in [2.05, 4.69) is 42.9 Å². The van der Waals surface area contributed by atoms with Crippen molar-refractivity contribution in [3.8, 4) is 0 Å². The molecule has 4 nitrogen and oxygen atoms in total. The molecule has 23 heavy (non-hydrogen) atoms. The van der Waals surface area contributed by atoms with Crippen molar-refractivity contribution in [2.45, 2.75) is 47.0 Å². The number of aryl methyl sites for hydroxylation is 2. The number of nitrogens with one attached hydrogen (secondary N) is 1. The van der Waals surface area contributed by atoms with Gasteiger partial charge in [-0.2, -0.15) is 0 Å². The van der Waals surface area contributed by atoms with Crippen molar-refractivity contribution in [2.75, 3.05) is 26.7 Å². The SMILES string of the molecule is CCc1nc(CCNC(=NC)N2CC(C)CC(C)C2)sc1C.I. The Hall–Kier alpha value is -0.370. The minimum atomic E-state index is 0. The van der Waals surface area contributed by atoms with E-state index < -0.39 is 0 Å². The van der Waals surface area contributed by atoms with Crippen LogP contribution in [0.15, 0.2) is 4.99 Å². The van der Waals surface area contributed by atoms with Gasteiger partial charge in [0.25, 0.3) is 0 Å². The summed E-state index contributed by atoms with van der Waals surface area (Å²) in [5, 5.41) is 4.75. The second-order valence-corrected chi connectivity index (χ2v) is 7.83. The lowest BCUT2D eigenvalue weighted by Crippen LogP contribution is -2.48. The predicted molar refractivity (Wildman–Crippen MR) is 111 cm³/mol. The van der Waals surface area contributed by atoms with Crippen LogP contribution in [0.4, 0.5) is 0 Å². The van der Waals surface area contributed by atoms with Gasteiger partial charge < -0.3 is 10.2 Å². The van der Waals surface area contributed by atoms with Crippen molar-refractivity contribution >= 4 is 41.3 Å². The minimum absolute atomic E-state index is 0. The maximum Gasteiger partial charge on any atom is 0.193 e. The fourth-order valence-corrected chi connectivity index (χ4v) is 4.39. The van der Waals surface area contributed by atoms with E-state index >= 15 is 0 Å². The standard InChI is InChI=1S/C17H30N4S.HI/c1-6-15-14(4)22-16(20-15)7-8-19-17(18-5)21-10-12(2)9-13(3)11-21;/h12-13H,6-11H2,1-5H3,(H,18,19);1H. The molecule has 0 bridgehead atoms. The first-order chi connectivity index (χ1) is 10.5. The lowest BCUT2D eigenvalue weighted by atomic mass is 9.92. The van der Waals surface area contributed by atoms with E-state index in [4.69, 9.17) is 4.98 Å². The Balaban J connectivity index is 0.00000264. The Morgan fingerprint density at radius 1 is 1.35 bits per heavy atom. The highest BCUT2D eigenvalue weighted by atomic mass is 127. The molecule has 0 spiro atoms. The summed E-state index contributed by atoms with van der Waals surface area (Å²) >= 11 is 1.83. The Morgan fingerprint density at radius 2 is 2.00 bits per heavy atom. The summed E-state index contributed by atoms with van der Waals surface area (Å²) in [6, 6.07) is 0. The summed E-state index contributed by atoms with van der Waals surface area (Å²) in [5.41, 5.74) is 1.25. The highest BCUT2D eigenvalue weighted by Gasteiger charge is 2.23. The van der Waals surface area contributed by atoms with Gasteiger partial charge in [-0.15, -0.1) is 35.3 Å². The first-order valence-electron chi connectivity index (χ1n) is 8.44. The van der Waals surface area contributed by atoms with Gasteiger partial charge in [0, 0.05) is 38.0 Å². The zero-order chi connectivity index (χ0) is 16.1. The maximum absolute atomic E-state index is 4.71. The number of aromatic nitrogens is 1. The molecule has 0 radical (unpaired) electrons. The summed E-state index contributed by atoms with van der Waals surface area (Å²) in [6.07, 6.45) is 3.33. The van der Waals surface area contributed by atoms with E-state index in [0.717, 1.165) is 50.3 Å². The molecule has 1 aromatic heterocycles. The van der Waals surface area contributed by atoms with Crippen molar-refractivity contribution in [1.29, 1.82) is 0 Å². The van der Waals surface area contributed by atoms with Crippen LogP contribution >= 0.6 is 35.3 Å². The molecule has 0 aromatic carbocycles. The fraction of sp³-hybridized carbons (Fsp3) is 0.765. The molecule has 1 fully saturated rings. The molecule has 1 aliphatic rings. The third-order valence-electron chi connectivity index (χ3n) is 4.27. The minimum Gasteiger partial charge on any atom is -0.356 e. The molecule has 0 saturated carbocycles. The van der Waals surface area contributed by atoms with Gasteiger partial charge in [-0.1, -0.05) is 20.8 Å². The quantitative estimate of drug-likeness (QED) is 0.432. The number of guanidine groups is 1. The molecule has 1 aliphatic heterocycles. The van der Waals surface area contributed by atoms with Crippen molar-refractivity contribution in [3.05, 3.63) is 15.6 Å². The average molecular weight is 450 g/mol. The summed E-state index contributed by atoms with van der Waals surface area (Å²) in [7, 11) is 1.88. The van der Waals surface area contributed by atoms with Gasteiger partial charge in [0.1, 0.15) is 0 Å². The molecule has 2 atom stereocenters. The van der Waals surface area contributed by atoms with E-state index in [0.29, 0.717) is 0 Å². The van der Waals surface area contributed by atoms with Gasteiger partial charge in [0.15, 0.2) is 5.96 Å². The molecular formula is C17H31IN4S. The van der Waals surface area contributed by atoms with Gasteiger partial charge in [-0.3, -0.25) is 4.99 Å².